The molecule has 1 atom stereocenters. The number of aryl methyl sites for hydroxylation is 2. The average molecular weight is 441 g/mol. The fourth-order valence-electron chi connectivity index (χ4n) is 3.72. The third-order valence-electron chi connectivity index (χ3n) is 5.10. The topological polar surface area (TPSA) is 72.0 Å². The molecule has 1 aliphatic carbocycles. The van der Waals surface area contributed by atoms with Crippen LogP contribution in [0.15, 0.2) is 51.7 Å². The number of esters is 1. The second-order valence-electron chi connectivity index (χ2n) is 7.10. The molecule has 0 unspecified atom stereocenters. The molecular formula is C22H21BrN2O3. The van der Waals surface area contributed by atoms with E-state index in [2.05, 4.69) is 38.0 Å². The minimum absolute atomic E-state index is 0.146. The predicted molar refractivity (Wildman–Crippen MR) is 111 cm³/mol. The highest BCUT2D eigenvalue weighted by molar-refractivity contribution is 9.10. The van der Waals surface area contributed by atoms with Crippen LogP contribution in [0, 0.1) is 0 Å². The summed E-state index contributed by atoms with van der Waals surface area (Å²) in [7, 11) is 0. The van der Waals surface area contributed by atoms with Gasteiger partial charge in [-0.3, -0.25) is 9.59 Å². The van der Waals surface area contributed by atoms with Crippen LogP contribution in [0.3, 0.4) is 0 Å². The van der Waals surface area contributed by atoms with Crippen LogP contribution in [0.1, 0.15) is 48.7 Å². The molecule has 0 amide bonds. The maximum atomic E-state index is 12.3. The molecule has 2 aromatic carbocycles. The number of nitrogens with one attached hydrogen (secondary N) is 1. The van der Waals surface area contributed by atoms with Gasteiger partial charge in [-0.15, -0.1) is 0 Å². The first kappa shape index (κ1) is 18.9. The minimum Gasteiger partial charge on any atom is -0.457 e. The van der Waals surface area contributed by atoms with Gasteiger partial charge in [0.25, 0.3) is 5.56 Å². The number of carbonyl (C=O) groups excluding carboxylic acids is 1. The number of carbonyl (C=O) groups is 1. The van der Waals surface area contributed by atoms with Crippen molar-refractivity contribution < 1.29 is 9.53 Å². The zero-order chi connectivity index (χ0) is 19.5. The van der Waals surface area contributed by atoms with Crippen molar-refractivity contribution in [3.05, 3.63) is 74.2 Å². The van der Waals surface area contributed by atoms with Crippen molar-refractivity contribution in [2.75, 3.05) is 0 Å². The Morgan fingerprint density at radius 2 is 2.11 bits per heavy atom. The van der Waals surface area contributed by atoms with Gasteiger partial charge < -0.3 is 9.72 Å². The fourth-order valence-corrected chi connectivity index (χ4v) is 4.10. The van der Waals surface area contributed by atoms with Crippen molar-refractivity contribution in [2.24, 2.45) is 0 Å². The summed E-state index contributed by atoms with van der Waals surface area (Å²) in [6.45, 7) is 0. The Morgan fingerprint density at radius 3 is 3.00 bits per heavy atom. The lowest BCUT2D eigenvalue weighted by molar-refractivity contribution is -0.150. The van der Waals surface area contributed by atoms with Gasteiger partial charge in [0, 0.05) is 17.3 Å². The van der Waals surface area contributed by atoms with E-state index in [0.29, 0.717) is 36.0 Å². The second-order valence-corrected chi connectivity index (χ2v) is 8.01. The van der Waals surface area contributed by atoms with Crippen molar-refractivity contribution in [1.82, 2.24) is 9.97 Å². The number of H-pyrrole nitrogens is 1. The number of hydrogen-bond donors (Lipinski definition) is 1. The predicted octanol–water partition coefficient (Wildman–Crippen LogP) is 4.63. The SMILES string of the molecule is O=C(CCCc1nc2ccccc2c(=O)[nH]1)O[C@H]1CCCc2ccc(Br)cc21. The summed E-state index contributed by atoms with van der Waals surface area (Å²) < 4.78 is 6.75. The van der Waals surface area contributed by atoms with Crippen molar-refractivity contribution >= 4 is 32.8 Å². The highest BCUT2D eigenvalue weighted by Crippen LogP contribution is 2.34. The van der Waals surface area contributed by atoms with E-state index in [1.807, 2.05) is 24.3 Å². The van der Waals surface area contributed by atoms with Crippen molar-refractivity contribution in [2.45, 2.75) is 44.6 Å². The van der Waals surface area contributed by atoms with E-state index in [1.165, 1.54) is 5.56 Å². The summed E-state index contributed by atoms with van der Waals surface area (Å²) >= 11 is 3.50. The number of hydrogen-bond acceptors (Lipinski definition) is 4. The van der Waals surface area contributed by atoms with E-state index in [4.69, 9.17) is 4.74 Å². The Bertz CT molecular complexity index is 1080. The van der Waals surface area contributed by atoms with E-state index in [-0.39, 0.29) is 17.6 Å². The van der Waals surface area contributed by atoms with Crippen LogP contribution >= 0.6 is 15.9 Å². The van der Waals surface area contributed by atoms with Crippen LogP contribution in [0.25, 0.3) is 10.9 Å². The number of para-hydroxylation sites is 1. The van der Waals surface area contributed by atoms with Gasteiger partial charge >= 0.3 is 5.97 Å². The first-order valence-electron chi connectivity index (χ1n) is 9.56. The summed E-state index contributed by atoms with van der Waals surface area (Å²) in [5.74, 6) is 0.393. The highest BCUT2D eigenvalue weighted by Gasteiger charge is 2.23. The molecule has 0 saturated heterocycles. The molecule has 0 radical (unpaired) electrons. The van der Waals surface area contributed by atoms with E-state index < -0.39 is 0 Å². The van der Waals surface area contributed by atoms with Gasteiger partial charge in [-0.1, -0.05) is 34.1 Å². The van der Waals surface area contributed by atoms with Gasteiger partial charge in [0.05, 0.1) is 10.9 Å². The van der Waals surface area contributed by atoms with Crippen LogP contribution in [-0.4, -0.2) is 15.9 Å². The molecule has 0 spiro atoms. The summed E-state index contributed by atoms with van der Waals surface area (Å²) in [5.41, 5.74) is 2.89. The quantitative estimate of drug-likeness (QED) is 0.586. The molecule has 4 rings (SSSR count). The zero-order valence-electron chi connectivity index (χ0n) is 15.4. The number of aromatic nitrogens is 2. The maximum absolute atomic E-state index is 12.3. The van der Waals surface area contributed by atoms with Crippen LogP contribution in [0.2, 0.25) is 0 Å². The number of aromatic amines is 1. The number of ether oxygens (including phenoxy) is 1. The molecule has 0 fully saturated rings. The third kappa shape index (κ3) is 4.17. The average Bonchev–Trinajstić information content (AvgIpc) is 2.68. The zero-order valence-corrected chi connectivity index (χ0v) is 17.0. The normalized spacial score (nSPS) is 16.0. The van der Waals surface area contributed by atoms with Crippen molar-refractivity contribution in [3.63, 3.8) is 0 Å². The number of halogens is 1. The van der Waals surface area contributed by atoms with E-state index >= 15 is 0 Å². The largest absolute Gasteiger partial charge is 0.457 e. The van der Waals surface area contributed by atoms with Crippen molar-refractivity contribution in [1.29, 1.82) is 0 Å². The Hall–Kier alpha value is -2.47. The van der Waals surface area contributed by atoms with E-state index in [0.717, 1.165) is 29.3 Å². The molecule has 1 aliphatic rings. The maximum Gasteiger partial charge on any atom is 0.306 e. The highest BCUT2D eigenvalue weighted by atomic mass is 79.9. The van der Waals surface area contributed by atoms with E-state index in [9.17, 15) is 9.59 Å². The molecule has 28 heavy (non-hydrogen) atoms. The van der Waals surface area contributed by atoms with Gasteiger partial charge in [-0.25, -0.2) is 4.98 Å². The second kappa shape index (κ2) is 8.27. The lowest BCUT2D eigenvalue weighted by Gasteiger charge is -2.25. The number of nitrogens with zero attached hydrogens (tertiary/aromatic N) is 1. The van der Waals surface area contributed by atoms with Crippen LogP contribution in [0.5, 0.6) is 0 Å². The summed E-state index contributed by atoms with van der Waals surface area (Å²) in [4.78, 5) is 31.7. The Kier molecular flexibility index (Phi) is 5.57. The number of benzene rings is 2. The van der Waals surface area contributed by atoms with E-state index in [1.54, 1.807) is 6.07 Å². The molecule has 3 aromatic rings. The van der Waals surface area contributed by atoms with Crippen LogP contribution < -0.4 is 5.56 Å². The Labute approximate surface area is 171 Å². The Balaban J connectivity index is 1.36. The third-order valence-corrected chi connectivity index (χ3v) is 5.59. The van der Waals surface area contributed by atoms with Gasteiger partial charge in [-0.05, 0) is 61.1 Å². The Morgan fingerprint density at radius 1 is 1.25 bits per heavy atom. The molecule has 0 aliphatic heterocycles. The van der Waals surface area contributed by atoms with Crippen LogP contribution in [-0.2, 0) is 22.4 Å². The first-order valence-corrected chi connectivity index (χ1v) is 10.4. The molecule has 0 saturated carbocycles. The molecular weight excluding hydrogens is 420 g/mol. The summed E-state index contributed by atoms with van der Waals surface area (Å²) in [6, 6.07) is 13.4. The lowest BCUT2D eigenvalue weighted by Crippen LogP contribution is -2.17. The molecule has 1 heterocycles. The first-order chi connectivity index (χ1) is 13.6. The van der Waals surface area contributed by atoms with Gasteiger partial charge in [0.1, 0.15) is 11.9 Å². The molecule has 0 bridgehead atoms. The number of fused-ring (bicyclic) bond motifs is 2. The smallest absolute Gasteiger partial charge is 0.306 e. The molecule has 1 N–H and O–H groups in total. The van der Waals surface area contributed by atoms with Gasteiger partial charge in [0.15, 0.2) is 0 Å². The molecule has 144 valence electrons. The summed E-state index contributed by atoms with van der Waals surface area (Å²) in [5, 5.41) is 0.577. The number of rotatable bonds is 5. The fraction of sp³-hybridized carbons (Fsp3) is 0.318. The minimum atomic E-state index is -0.207. The standard InChI is InChI=1S/C22H21BrN2O3/c23-15-12-11-14-5-3-8-19(17(14)13-15)28-21(26)10-4-9-20-24-18-7-2-1-6-16(18)22(27)25-20/h1-2,6-7,11-13,19H,3-5,8-10H2,(H,24,25,27)/t19-/m0/s1. The molecule has 1 aromatic heterocycles. The lowest BCUT2D eigenvalue weighted by atomic mass is 9.89. The van der Waals surface area contributed by atoms with Gasteiger partial charge in [0.2, 0.25) is 0 Å². The van der Waals surface area contributed by atoms with Crippen LogP contribution in [0.4, 0.5) is 0 Å². The van der Waals surface area contributed by atoms with Gasteiger partial charge in [-0.2, -0.15) is 0 Å². The molecule has 5 nitrogen and oxygen atoms in total. The molecule has 6 heteroatoms. The monoisotopic (exact) mass is 440 g/mol. The summed E-state index contributed by atoms with van der Waals surface area (Å²) in [6.07, 6.45) is 4.14. The van der Waals surface area contributed by atoms with Crippen molar-refractivity contribution in [3.8, 4) is 0 Å².